The normalized spacial score (nSPS) is 16.6. The second-order valence-corrected chi connectivity index (χ2v) is 10.1. The van der Waals surface area contributed by atoms with Crippen molar-refractivity contribution in [1.29, 1.82) is 0 Å². The van der Waals surface area contributed by atoms with Crippen LogP contribution in [-0.4, -0.2) is 34.1 Å². The van der Waals surface area contributed by atoms with Crippen LogP contribution in [0.15, 0.2) is 41.2 Å². The maximum atomic E-state index is 12.5. The molecule has 1 N–H and O–H groups in total. The summed E-state index contributed by atoms with van der Waals surface area (Å²) < 4.78 is 5.23. The molecule has 7 heteroatoms. The van der Waals surface area contributed by atoms with Crippen LogP contribution in [0.25, 0.3) is 11.1 Å². The molecule has 1 saturated heterocycles. The van der Waals surface area contributed by atoms with E-state index in [0.717, 1.165) is 29.8 Å². The number of aryl methyl sites for hydroxylation is 1. The molecule has 1 amide bonds. The van der Waals surface area contributed by atoms with Crippen LogP contribution >= 0.6 is 0 Å². The summed E-state index contributed by atoms with van der Waals surface area (Å²) in [6.07, 6.45) is 6.33. The van der Waals surface area contributed by atoms with Crippen molar-refractivity contribution in [1.82, 2.24) is 20.4 Å². The average molecular weight is 448 g/mol. The van der Waals surface area contributed by atoms with E-state index in [-0.39, 0.29) is 17.1 Å². The minimum Gasteiger partial charge on any atom is -0.370 e. The average Bonchev–Trinajstić information content (AvgIpc) is 3.29. The number of benzene rings is 1. The first-order valence-corrected chi connectivity index (χ1v) is 11.6. The fraction of sp³-hybridized carbons (Fsp3) is 0.462. The number of carbonyl (C=O) groups is 1. The molecule has 1 aliphatic heterocycles. The van der Waals surface area contributed by atoms with Gasteiger partial charge in [-0.25, -0.2) is 0 Å². The zero-order valence-electron chi connectivity index (χ0n) is 20.2. The number of amides is 1. The molecule has 174 valence electrons. The third-order valence-corrected chi connectivity index (χ3v) is 6.16. The lowest BCUT2D eigenvalue weighted by molar-refractivity contribution is 0.0937. The topological polar surface area (TPSA) is 84.2 Å². The van der Waals surface area contributed by atoms with Crippen molar-refractivity contribution < 1.29 is 9.32 Å². The van der Waals surface area contributed by atoms with Gasteiger partial charge in [0.15, 0.2) is 0 Å². The van der Waals surface area contributed by atoms with Crippen molar-refractivity contribution in [3.63, 3.8) is 0 Å². The van der Waals surface area contributed by atoms with E-state index in [4.69, 9.17) is 4.52 Å². The van der Waals surface area contributed by atoms with Crippen LogP contribution in [0.5, 0.6) is 0 Å². The van der Waals surface area contributed by atoms with E-state index in [1.807, 2.05) is 33.2 Å². The van der Waals surface area contributed by atoms with Gasteiger partial charge in [0.2, 0.25) is 5.89 Å². The SMILES string of the molecule is Cc1cc(-c2ccncc2N2CCCC(C)C2)ccc1CNC(=O)c1noc(C(C)(C)C)n1. The molecule has 3 aromatic rings. The summed E-state index contributed by atoms with van der Waals surface area (Å²) in [5.41, 5.74) is 5.41. The Bertz CT molecular complexity index is 1130. The number of anilines is 1. The first-order valence-electron chi connectivity index (χ1n) is 11.6. The molecule has 0 radical (unpaired) electrons. The molecule has 0 aliphatic carbocycles. The molecule has 33 heavy (non-hydrogen) atoms. The van der Waals surface area contributed by atoms with Gasteiger partial charge in [0.25, 0.3) is 11.7 Å². The summed E-state index contributed by atoms with van der Waals surface area (Å²) in [4.78, 5) is 23.6. The predicted octanol–water partition coefficient (Wildman–Crippen LogP) is 4.90. The number of carbonyl (C=O) groups excluding carboxylic acids is 1. The fourth-order valence-electron chi connectivity index (χ4n) is 4.23. The fourth-order valence-corrected chi connectivity index (χ4v) is 4.23. The third kappa shape index (κ3) is 5.24. The summed E-state index contributed by atoms with van der Waals surface area (Å²) >= 11 is 0. The molecule has 2 aromatic heterocycles. The highest BCUT2D eigenvalue weighted by Crippen LogP contribution is 2.33. The molecule has 7 nitrogen and oxygen atoms in total. The van der Waals surface area contributed by atoms with E-state index >= 15 is 0 Å². The first-order chi connectivity index (χ1) is 15.7. The molecule has 1 atom stereocenters. The summed E-state index contributed by atoms with van der Waals surface area (Å²) in [5.74, 6) is 0.863. The van der Waals surface area contributed by atoms with Gasteiger partial charge in [-0.2, -0.15) is 4.98 Å². The maximum Gasteiger partial charge on any atom is 0.292 e. The zero-order chi connectivity index (χ0) is 23.6. The Morgan fingerprint density at radius 2 is 2.09 bits per heavy atom. The lowest BCUT2D eigenvalue weighted by Crippen LogP contribution is -2.34. The highest BCUT2D eigenvalue weighted by molar-refractivity contribution is 5.90. The molecule has 1 aromatic carbocycles. The number of nitrogens with zero attached hydrogens (tertiary/aromatic N) is 4. The molecular weight excluding hydrogens is 414 g/mol. The Morgan fingerprint density at radius 1 is 1.27 bits per heavy atom. The summed E-state index contributed by atoms with van der Waals surface area (Å²) in [7, 11) is 0. The number of hydrogen-bond donors (Lipinski definition) is 1. The molecule has 0 bridgehead atoms. The van der Waals surface area contributed by atoms with E-state index < -0.39 is 0 Å². The minimum atomic E-state index is -0.339. The summed E-state index contributed by atoms with van der Waals surface area (Å²) in [6.45, 7) is 12.8. The van der Waals surface area contributed by atoms with E-state index in [1.165, 1.54) is 24.1 Å². The third-order valence-electron chi connectivity index (χ3n) is 6.16. The molecular formula is C26H33N5O2. The maximum absolute atomic E-state index is 12.5. The zero-order valence-corrected chi connectivity index (χ0v) is 20.2. The second-order valence-electron chi connectivity index (χ2n) is 10.1. The Morgan fingerprint density at radius 3 is 2.79 bits per heavy atom. The lowest BCUT2D eigenvalue weighted by Gasteiger charge is -2.34. The van der Waals surface area contributed by atoms with Gasteiger partial charge >= 0.3 is 0 Å². The smallest absolute Gasteiger partial charge is 0.292 e. The Hall–Kier alpha value is -3.22. The standard InChI is InChI=1S/C26H33N5O2/c1-17-7-6-12-31(16-17)22-15-27-11-10-21(22)19-8-9-20(18(2)13-19)14-28-24(32)23-29-25(33-30-23)26(3,4)5/h8-11,13,15,17H,6-7,12,14,16H2,1-5H3,(H,28,32). The van der Waals surface area contributed by atoms with Crippen molar-refractivity contribution in [2.24, 2.45) is 5.92 Å². The highest BCUT2D eigenvalue weighted by atomic mass is 16.5. The molecule has 1 fully saturated rings. The van der Waals surface area contributed by atoms with Crippen LogP contribution in [0.4, 0.5) is 5.69 Å². The van der Waals surface area contributed by atoms with Crippen LogP contribution in [-0.2, 0) is 12.0 Å². The number of piperidine rings is 1. The van der Waals surface area contributed by atoms with Crippen LogP contribution in [0, 0.1) is 12.8 Å². The minimum absolute atomic E-state index is 0.0615. The van der Waals surface area contributed by atoms with Gasteiger partial charge in [-0.05, 0) is 48.4 Å². The van der Waals surface area contributed by atoms with Gasteiger partial charge in [0.05, 0.1) is 11.9 Å². The van der Waals surface area contributed by atoms with E-state index in [0.29, 0.717) is 18.4 Å². The van der Waals surface area contributed by atoms with Crippen molar-refractivity contribution in [3.05, 3.63) is 59.5 Å². The van der Waals surface area contributed by atoms with E-state index in [9.17, 15) is 4.79 Å². The van der Waals surface area contributed by atoms with Crippen molar-refractivity contribution >= 4 is 11.6 Å². The molecule has 3 heterocycles. The number of pyridine rings is 1. The largest absolute Gasteiger partial charge is 0.370 e. The summed E-state index contributed by atoms with van der Waals surface area (Å²) in [6, 6.07) is 8.46. The predicted molar refractivity (Wildman–Crippen MR) is 129 cm³/mol. The van der Waals surface area contributed by atoms with Gasteiger partial charge in [-0.3, -0.25) is 9.78 Å². The molecule has 0 saturated carbocycles. The Balaban J connectivity index is 1.48. The number of nitrogens with one attached hydrogen (secondary N) is 1. The van der Waals surface area contributed by atoms with Crippen LogP contribution in [0.2, 0.25) is 0 Å². The van der Waals surface area contributed by atoms with Crippen LogP contribution < -0.4 is 10.2 Å². The van der Waals surface area contributed by atoms with Gasteiger partial charge in [-0.1, -0.05) is 51.1 Å². The molecule has 4 rings (SSSR count). The first kappa shape index (κ1) is 23.0. The Kier molecular flexibility index (Phi) is 6.49. The quantitative estimate of drug-likeness (QED) is 0.599. The second kappa shape index (κ2) is 9.33. The Labute approximate surface area is 195 Å². The number of aromatic nitrogens is 3. The monoisotopic (exact) mass is 447 g/mol. The highest BCUT2D eigenvalue weighted by Gasteiger charge is 2.24. The molecule has 1 aliphatic rings. The van der Waals surface area contributed by atoms with Crippen LogP contribution in [0.1, 0.15) is 68.2 Å². The van der Waals surface area contributed by atoms with E-state index in [2.05, 4.69) is 63.5 Å². The van der Waals surface area contributed by atoms with Crippen LogP contribution in [0.3, 0.4) is 0 Å². The summed E-state index contributed by atoms with van der Waals surface area (Å²) in [5, 5.41) is 6.73. The van der Waals surface area contributed by atoms with Crippen molar-refractivity contribution in [2.45, 2.75) is 59.4 Å². The number of rotatable bonds is 5. The van der Waals surface area contributed by atoms with Gasteiger partial charge in [0, 0.05) is 36.8 Å². The van der Waals surface area contributed by atoms with Gasteiger partial charge in [0.1, 0.15) is 0 Å². The number of hydrogen-bond acceptors (Lipinski definition) is 6. The van der Waals surface area contributed by atoms with Gasteiger partial charge < -0.3 is 14.7 Å². The molecule has 1 unspecified atom stereocenters. The lowest BCUT2D eigenvalue weighted by atomic mass is 9.96. The molecule has 0 spiro atoms. The van der Waals surface area contributed by atoms with Gasteiger partial charge in [-0.15, -0.1) is 0 Å². The van der Waals surface area contributed by atoms with E-state index in [1.54, 1.807) is 0 Å². The van der Waals surface area contributed by atoms with Crippen molar-refractivity contribution in [2.75, 3.05) is 18.0 Å². The van der Waals surface area contributed by atoms with Crippen molar-refractivity contribution in [3.8, 4) is 11.1 Å².